The summed E-state index contributed by atoms with van der Waals surface area (Å²) in [7, 11) is 2.03. The van der Waals surface area contributed by atoms with E-state index in [0.717, 1.165) is 24.7 Å². The number of hydrogen-bond acceptors (Lipinski definition) is 5. The van der Waals surface area contributed by atoms with Crippen LogP contribution in [0.15, 0.2) is 6.07 Å². The summed E-state index contributed by atoms with van der Waals surface area (Å²) in [4.78, 5) is 11.0. The van der Waals surface area contributed by atoms with E-state index in [4.69, 9.17) is 4.74 Å². The molecule has 0 spiro atoms. The normalized spacial score (nSPS) is 18.9. The number of hydrogen-bond donors (Lipinski definition) is 1. The molecule has 1 unspecified atom stereocenters. The smallest absolute Gasteiger partial charge is 0.228 e. The van der Waals surface area contributed by atoms with Gasteiger partial charge in [0.05, 0.1) is 6.61 Å². The average Bonchev–Trinajstić information content (AvgIpc) is 2.81. The van der Waals surface area contributed by atoms with Gasteiger partial charge in [-0.15, -0.1) is 0 Å². The third kappa shape index (κ3) is 3.32. The van der Waals surface area contributed by atoms with Crippen molar-refractivity contribution in [1.29, 1.82) is 0 Å². The lowest BCUT2D eigenvalue weighted by Gasteiger charge is -2.21. The lowest BCUT2D eigenvalue weighted by molar-refractivity contribution is 0.326. The molecule has 2 heterocycles. The Morgan fingerprint density at radius 2 is 2.33 bits per heavy atom. The Morgan fingerprint density at radius 1 is 1.50 bits per heavy atom. The van der Waals surface area contributed by atoms with E-state index in [9.17, 15) is 0 Å². The highest BCUT2D eigenvalue weighted by Gasteiger charge is 2.17. The zero-order chi connectivity index (χ0) is 13.0. The van der Waals surface area contributed by atoms with Gasteiger partial charge >= 0.3 is 0 Å². The molecule has 0 amide bonds. The van der Waals surface area contributed by atoms with Crippen LogP contribution in [0.1, 0.15) is 25.5 Å². The summed E-state index contributed by atoms with van der Waals surface area (Å²) in [6, 6.07) is 2.42. The van der Waals surface area contributed by atoms with Gasteiger partial charge in [-0.2, -0.15) is 4.98 Å². The van der Waals surface area contributed by atoms with Gasteiger partial charge in [-0.25, -0.2) is 4.98 Å². The Kier molecular flexibility index (Phi) is 4.36. The number of nitrogens with zero attached hydrogens (tertiary/aromatic N) is 3. The number of aromatic nitrogens is 2. The van der Waals surface area contributed by atoms with Crippen molar-refractivity contribution in [1.82, 2.24) is 15.3 Å². The number of rotatable bonds is 5. The second kappa shape index (κ2) is 6.00. The van der Waals surface area contributed by atoms with Crippen molar-refractivity contribution >= 4 is 5.95 Å². The van der Waals surface area contributed by atoms with E-state index in [0.29, 0.717) is 18.5 Å². The van der Waals surface area contributed by atoms with Crippen LogP contribution in [0.4, 0.5) is 5.95 Å². The molecular weight excluding hydrogens is 228 g/mol. The predicted octanol–water partition coefficient (Wildman–Crippen LogP) is 1.37. The minimum absolute atomic E-state index is 0.551. The summed E-state index contributed by atoms with van der Waals surface area (Å²) < 4.78 is 5.45. The van der Waals surface area contributed by atoms with Crippen LogP contribution >= 0.6 is 0 Å². The Bertz CT molecular complexity index is 391. The van der Waals surface area contributed by atoms with E-state index >= 15 is 0 Å². The van der Waals surface area contributed by atoms with Crippen molar-refractivity contribution in [2.24, 2.45) is 0 Å². The first-order valence-electron chi connectivity index (χ1n) is 6.62. The Labute approximate surface area is 109 Å². The molecule has 1 aromatic heterocycles. The van der Waals surface area contributed by atoms with Gasteiger partial charge in [0, 0.05) is 31.4 Å². The molecule has 1 aromatic rings. The van der Waals surface area contributed by atoms with Crippen LogP contribution in [-0.4, -0.2) is 42.8 Å². The van der Waals surface area contributed by atoms with Gasteiger partial charge in [-0.05, 0) is 33.2 Å². The molecule has 0 aliphatic carbocycles. The molecule has 0 aromatic carbocycles. The maximum Gasteiger partial charge on any atom is 0.228 e. The van der Waals surface area contributed by atoms with Gasteiger partial charge < -0.3 is 15.0 Å². The molecule has 1 fully saturated rings. The standard InChI is InChI=1S/C13H22N4O/c1-4-18-12-8-10(2)15-13(16-12)17(3)9-11-6-5-7-14-11/h8,11,14H,4-7,9H2,1-3H3. The van der Waals surface area contributed by atoms with Crippen LogP contribution in [0.2, 0.25) is 0 Å². The second-order valence-electron chi connectivity index (χ2n) is 4.75. The summed E-state index contributed by atoms with van der Waals surface area (Å²) in [6.45, 7) is 6.62. The highest BCUT2D eigenvalue weighted by atomic mass is 16.5. The van der Waals surface area contributed by atoms with Gasteiger partial charge in [0.15, 0.2) is 0 Å². The Hall–Kier alpha value is -1.36. The lowest BCUT2D eigenvalue weighted by atomic mass is 10.2. The van der Waals surface area contributed by atoms with E-state index in [-0.39, 0.29) is 0 Å². The van der Waals surface area contributed by atoms with Gasteiger partial charge in [0.1, 0.15) is 0 Å². The Morgan fingerprint density at radius 3 is 3.00 bits per heavy atom. The third-order valence-corrected chi connectivity index (χ3v) is 3.11. The summed E-state index contributed by atoms with van der Waals surface area (Å²) in [5, 5.41) is 3.48. The van der Waals surface area contributed by atoms with Gasteiger partial charge in [-0.1, -0.05) is 0 Å². The summed E-state index contributed by atoms with van der Waals surface area (Å²) in [5.74, 6) is 1.40. The molecule has 0 radical (unpaired) electrons. The second-order valence-corrected chi connectivity index (χ2v) is 4.75. The molecule has 1 saturated heterocycles. The molecule has 100 valence electrons. The number of aryl methyl sites for hydroxylation is 1. The molecule has 0 saturated carbocycles. The zero-order valence-corrected chi connectivity index (χ0v) is 11.4. The van der Waals surface area contributed by atoms with E-state index in [1.165, 1.54) is 12.8 Å². The minimum Gasteiger partial charge on any atom is -0.478 e. The van der Waals surface area contributed by atoms with E-state index in [1.54, 1.807) is 0 Å². The number of ether oxygens (including phenoxy) is 1. The summed E-state index contributed by atoms with van der Waals surface area (Å²) in [5.41, 5.74) is 0.940. The summed E-state index contributed by atoms with van der Waals surface area (Å²) >= 11 is 0. The monoisotopic (exact) mass is 250 g/mol. The third-order valence-electron chi connectivity index (χ3n) is 3.11. The van der Waals surface area contributed by atoms with Crippen molar-refractivity contribution in [3.8, 4) is 5.88 Å². The predicted molar refractivity (Wildman–Crippen MR) is 72.2 cm³/mol. The first-order chi connectivity index (χ1) is 8.69. The largest absolute Gasteiger partial charge is 0.478 e. The quantitative estimate of drug-likeness (QED) is 0.855. The number of likely N-dealkylation sites (N-methyl/N-ethyl adjacent to an activating group) is 1. The molecule has 1 N–H and O–H groups in total. The fourth-order valence-corrected chi connectivity index (χ4v) is 2.24. The highest BCUT2D eigenvalue weighted by Crippen LogP contribution is 2.16. The fourth-order valence-electron chi connectivity index (χ4n) is 2.24. The van der Waals surface area contributed by atoms with Crippen LogP contribution < -0.4 is 15.0 Å². The Balaban J connectivity index is 2.05. The minimum atomic E-state index is 0.551. The van der Waals surface area contributed by atoms with Crippen LogP contribution in [-0.2, 0) is 0 Å². The SMILES string of the molecule is CCOc1cc(C)nc(N(C)CC2CCCN2)n1. The van der Waals surface area contributed by atoms with Crippen molar-refractivity contribution in [3.05, 3.63) is 11.8 Å². The van der Waals surface area contributed by atoms with Crippen molar-refractivity contribution < 1.29 is 4.74 Å². The molecule has 2 rings (SSSR count). The molecule has 0 bridgehead atoms. The van der Waals surface area contributed by atoms with Crippen LogP contribution in [0.3, 0.4) is 0 Å². The fraction of sp³-hybridized carbons (Fsp3) is 0.692. The lowest BCUT2D eigenvalue weighted by Crippen LogP contribution is -2.36. The van der Waals surface area contributed by atoms with E-state index in [1.807, 2.05) is 27.0 Å². The van der Waals surface area contributed by atoms with Crippen LogP contribution in [0, 0.1) is 6.92 Å². The molecule has 18 heavy (non-hydrogen) atoms. The zero-order valence-electron chi connectivity index (χ0n) is 11.4. The molecule has 5 heteroatoms. The first kappa shape index (κ1) is 13.1. The first-order valence-corrected chi connectivity index (χ1v) is 6.62. The maximum atomic E-state index is 5.45. The van der Waals surface area contributed by atoms with Gasteiger partial charge in [0.25, 0.3) is 0 Å². The van der Waals surface area contributed by atoms with Crippen LogP contribution in [0.25, 0.3) is 0 Å². The van der Waals surface area contributed by atoms with Crippen molar-refractivity contribution in [2.45, 2.75) is 32.7 Å². The topological polar surface area (TPSA) is 50.3 Å². The number of nitrogens with one attached hydrogen (secondary N) is 1. The van der Waals surface area contributed by atoms with E-state index in [2.05, 4.69) is 20.2 Å². The average molecular weight is 250 g/mol. The molecule has 1 atom stereocenters. The molecule has 5 nitrogen and oxygen atoms in total. The number of anilines is 1. The van der Waals surface area contributed by atoms with Crippen LogP contribution in [0.5, 0.6) is 5.88 Å². The van der Waals surface area contributed by atoms with Gasteiger partial charge in [-0.3, -0.25) is 0 Å². The molecular formula is C13H22N4O. The summed E-state index contributed by atoms with van der Waals surface area (Å²) in [6.07, 6.45) is 2.49. The van der Waals surface area contributed by atoms with Crippen molar-refractivity contribution in [3.63, 3.8) is 0 Å². The van der Waals surface area contributed by atoms with Crippen molar-refractivity contribution in [2.75, 3.05) is 31.6 Å². The maximum absolute atomic E-state index is 5.45. The molecule has 1 aliphatic heterocycles. The van der Waals surface area contributed by atoms with E-state index < -0.39 is 0 Å². The highest BCUT2D eigenvalue weighted by molar-refractivity contribution is 5.33. The van der Waals surface area contributed by atoms with Gasteiger partial charge in [0.2, 0.25) is 11.8 Å². The molecule has 1 aliphatic rings.